The first kappa shape index (κ1) is 58.6. The van der Waals surface area contributed by atoms with Crippen molar-refractivity contribution in [2.24, 2.45) is 0 Å². The van der Waals surface area contributed by atoms with Gasteiger partial charge in [0.15, 0.2) is 6.10 Å². The van der Waals surface area contributed by atoms with E-state index in [0.29, 0.717) is 19.3 Å². The molecule has 0 aliphatic carbocycles. The van der Waals surface area contributed by atoms with Gasteiger partial charge < -0.3 is 14.2 Å². The number of ether oxygens (including phenoxy) is 3. The molecule has 0 aromatic heterocycles. The summed E-state index contributed by atoms with van der Waals surface area (Å²) in [4.78, 5) is 37.8. The highest BCUT2D eigenvalue weighted by Crippen LogP contribution is 2.12. The van der Waals surface area contributed by atoms with Crippen LogP contribution in [-0.4, -0.2) is 37.2 Å². The molecule has 0 saturated carbocycles. The maximum absolute atomic E-state index is 12.7. The predicted molar refractivity (Wildman–Crippen MR) is 265 cm³/mol. The molecule has 62 heavy (non-hydrogen) atoms. The second-order valence-corrected chi connectivity index (χ2v) is 16.8. The van der Waals surface area contributed by atoms with Crippen molar-refractivity contribution >= 4 is 17.9 Å². The molecule has 1 unspecified atom stereocenters. The molecule has 6 nitrogen and oxygen atoms in total. The van der Waals surface area contributed by atoms with E-state index in [0.717, 1.165) is 70.6 Å². The summed E-state index contributed by atoms with van der Waals surface area (Å²) in [5.41, 5.74) is 0. The first-order chi connectivity index (χ1) is 30.5. The third kappa shape index (κ3) is 47.6. The first-order valence-corrected chi connectivity index (χ1v) is 25.6. The second kappa shape index (κ2) is 50.2. The van der Waals surface area contributed by atoms with Gasteiger partial charge in [0.25, 0.3) is 0 Å². The fraction of sp³-hybridized carbons (Fsp3) is 0.696. The van der Waals surface area contributed by atoms with Crippen LogP contribution in [0, 0.1) is 0 Å². The van der Waals surface area contributed by atoms with E-state index in [9.17, 15) is 14.4 Å². The molecular formula is C56H94O6. The summed E-state index contributed by atoms with van der Waals surface area (Å²) in [6, 6.07) is 0. The van der Waals surface area contributed by atoms with Crippen LogP contribution in [0.5, 0.6) is 0 Å². The maximum atomic E-state index is 12.7. The van der Waals surface area contributed by atoms with Crippen molar-refractivity contribution < 1.29 is 28.6 Å². The van der Waals surface area contributed by atoms with Crippen LogP contribution >= 0.6 is 0 Å². The van der Waals surface area contributed by atoms with E-state index in [1.807, 2.05) is 12.2 Å². The zero-order valence-corrected chi connectivity index (χ0v) is 40.4. The van der Waals surface area contributed by atoms with Crippen LogP contribution in [-0.2, 0) is 28.6 Å². The van der Waals surface area contributed by atoms with E-state index < -0.39 is 12.1 Å². The molecule has 0 heterocycles. The summed E-state index contributed by atoms with van der Waals surface area (Å²) in [6.07, 6.45) is 64.5. The largest absolute Gasteiger partial charge is 0.462 e. The van der Waals surface area contributed by atoms with Gasteiger partial charge in [0, 0.05) is 19.3 Å². The van der Waals surface area contributed by atoms with E-state index in [1.54, 1.807) is 0 Å². The minimum absolute atomic E-state index is 0.127. The average molecular weight is 863 g/mol. The van der Waals surface area contributed by atoms with Gasteiger partial charge in [-0.05, 0) is 83.5 Å². The normalized spacial score (nSPS) is 12.8. The summed E-state index contributed by atoms with van der Waals surface area (Å²) in [7, 11) is 0. The van der Waals surface area contributed by atoms with Gasteiger partial charge in [0.05, 0.1) is 0 Å². The molecule has 0 aromatic rings. The number of carbonyl (C=O) groups is 3. The second-order valence-electron chi connectivity index (χ2n) is 16.8. The minimum Gasteiger partial charge on any atom is -0.462 e. The summed E-state index contributed by atoms with van der Waals surface area (Å²) in [6.45, 7) is 6.47. The lowest BCUT2D eigenvalue weighted by Gasteiger charge is -2.18. The van der Waals surface area contributed by atoms with Crippen LogP contribution in [0.2, 0.25) is 0 Å². The van der Waals surface area contributed by atoms with E-state index in [2.05, 4.69) is 93.7 Å². The van der Waals surface area contributed by atoms with Gasteiger partial charge >= 0.3 is 17.9 Å². The lowest BCUT2D eigenvalue weighted by atomic mass is 10.1. The minimum atomic E-state index is -0.837. The Morgan fingerprint density at radius 2 is 0.677 bits per heavy atom. The van der Waals surface area contributed by atoms with Crippen molar-refractivity contribution in [3.8, 4) is 0 Å². The molecule has 0 aromatic carbocycles. The molecule has 0 rings (SSSR count). The van der Waals surface area contributed by atoms with Crippen LogP contribution in [0.25, 0.3) is 0 Å². The standard InChI is InChI=1S/C56H94O6/c1-4-7-10-13-16-19-22-25-26-27-28-29-32-34-37-40-43-46-49-55(58)61-52-53(62-56(59)50-47-44-41-38-35-31-24-21-18-15-12-9-6-3)51-60-54(57)48-45-42-39-36-33-30-23-20-17-14-11-8-5-2/h22,25-31,33,35,39,41-42,44,53H,4-21,23-24,32,34,36-38,40,43,45-52H2,1-3H3/b25-22+,27-26+,29-28+,33-30+,35-31+,42-39+,44-41+. The third-order valence-electron chi connectivity index (χ3n) is 10.7. The van der Waals surface area contributed by atoms with Crippen molar-refractivity contribution in [1.29, 1.82) is 0 Å². The Kier molecular flexibility index (Phi) is 47.5. The van der Waals surface area contributed by atoms with Gasteiger partial charge in [-0.2, -0.15) is 0 Å². The Morgan fingerprint density at radius 1 is 0.339 bits per heavy atom. The number of hydrogen-bond donors (Lipinski definition) is 0. The van der Waals surface area contributed by atoms with Gasteiger partial charge in [0.1, 0.15) is 13.2 Å². The molecular weight excluding hydrogens is 769 g/mol. The van der Waals surface area contributed by atoms with E-state index >= 15 is 0 Å². The SMILES string of the molecule is CCCCCCC/C=C/C=C/C=C/CCCCCCCC(=O)OCC(COC(=O)CC/C=C/C/C=C/CCCCCCCC)OC(=O)CC/C=C/C/C=C/CCCCCCCC. The van der Waals surface area contributed by atoms with Crippen LogP contribution in [0.4, 0.5) is 0 Å². The molecule has 354 valence electrons. The highest BCUT2D eigenvalue weighted by Gasteiger charge is 2.19. The van der Waals surface area contributed by atoms with Gasteiger partial charge in [0.2, 0.25) is 0 Å². The number of unbranched alkanes of at least 4 members (excludes halogenated alkanes) is 22. The number of hydrogen-bond acceptors (Lipinski definition) is 6. The number of rotatable bonds is 45. The van der Waals surface area contributed by atoms with Gasteiger partial charge in [-0.25, -0.2) is 0 Å². The molecule has 0 radical (unpaired) electrons. The molecule has 0 bridgehead atoms. The Hall–Kier alpha value is -3.41. The lowest BCUT2D eigenvalue weighted by Crippen LogP contribution is -2.30. The van der Waals surface area contributed by atoms with Crippen molar-refractivity contribution in [2.45, 2.75) is 239 Å². The van der Waals surface area contributed by atoms with Gasteiger partial charge in [-0.1, -0.05) is 215 Å². The Balaban J connectivity index is 4.54. The summed E-state index contributed by atoms with van der Waals surface area (Å²) in [5.74, 6) is -1.09. The average Bonchev–Trinajstić information content (AvgIpc) is 3.27. The zero-order chi connectivity index (χ0) is 45.1. The molecule has 6 heteroatoms. The Bertz CT molecular complexity index is 1220. The van der Waals surface area contributed by atoms with Crippen LogP contribution in [0.1, 0.15) is 233 Å². The fourth-order valence-electron chi connectivity index (χ4n) is 6.78. The Labute approximate surface area is 382 Å². The van der Waals surface area contributed by atoms with E-state index in [4.69, 9.17) is 14.2 Å². The highest BCUT2D eigenvalue weighted by molar-refractivity contribution is 5.71. The number of allylic oxidation sites excluding steroid dienone is 14. The molecule has 0 aliphatic heterocycles. The maximum Gasteiger partial charge on any atom is 0.306 e. The smallest absolute Gasteiger partial charge is 0.306 e. The number of carbonyl (C=O) groups excluding carboxylic acids is 3. The lowest BCUT2D eigenvalue weighted by molar-refractivity contribution is -0.166. The monoisotopic (exact) mass is 863 g/mol. The molecule has 0 spiro atoms. The van der Waals surface area contributed by atoms with Crippen LogP contribution in [0.15, 0.2) is 85.1 Å². The third-order valence-corrected chi connectivity index (χ3v) is 10.7. The Morgan fingerprint density at radius 3 is 1.11 bits per heavy atom. The molecule has 0 aliphatic rings. The number of esters is 3. The van der Waals surface area contributed by atoms with E-state index in [1.165, 1.54) is 109 Å². The predicted octanol–water partition coefficient (Wildman–Crippen LogP) is 16.8. The van der Waals surface area contributed by atoms with E-state index in [-0.39, 0.29) is 38.0 Å². The van der Waals surface area contributed by atoms with Crippen molar-refractivity contribution in [2.75, 3.05) is 13.2 Å². The first-order valence-electron chi connectivity index (χ1n) is 25.6. The van der Waals surface area contributed by atoms with Gasteiger partial charge in [-0.15, -0.1) is 0 Å². The highest BCUT2D eigenvalue weighted by atomic mass is 16.6. The van der Waals surface area contributed by atoms with Crippen LogP contribution in [0.3, 0.4) is 0 Å². The van der Waals surface area contributed by atoms with Gasteiger partial charge in [-0.3, -0.25) is 14.4 Å². The summed E-state index contributed by atoms with van der Waals surface area (Å²) >= 11 is 0. The summed E-state index contributed by atoms with van der Waals surface area (Å²) in [5, 5.41) is 0. The molecule has 0 saturated heterocycles. The molecule has 0 fully saturated rings. The van der Waals surface area contributed by atoms with Crippen molar-refractivity contribution in [3.05, 3.63) is 85.1 Å². The fourth-order valence-corrected chi connectivity index (χ4v) is 6.78. The topological polar surface area (TPSA) is 78.9 Å². The van der Waals surface area contributed by atoms with Crippen molar-refractivity contribution in [1.82, 2.24) is 0 Å². The molecule has 1 atom stereocenters. The molecule has 0 N–H and O–H groups in total. The van der Waals surface area contributed by atoms with Crippen LogP contribution < -0.4 is 0 Å². The van der Waals surface area contributed by atoms with Crippen molar-refractivity contribution in [3.63, 3.8) is 0 Å². The quantitative estimate of drug-likeness (QED) is 0.0199. The zero-order valence-electron chi connectivity index (χ0n) is 40.4. The molecule has 0 amide bonds. The summed E-state index contributed by atoms with van der Waals surface area (Å²) < 4.78 is 16.6.